The van der Waals surface area contributed by atoms with Gasteiger partial charge < -0.3 is 14.8 Å². The first kappa shape index (κ1) is 17.9. The van der Waals surface area contributed by atoms with Crippen LogP contribution in [0.25, 0.3) is 0 Å². The normalized spacial score (nSPS) is 23.0. The summed E-state index contributed by atoms with van der Waals surface area (Å²) in [7, 11) is 1.30. The number of hydrogen-bond acceptors (Lipinski definition) is 6. The first-order chi connectivity index (χ1) is 11.3. The monoisotopic (exact) mass is 333 g/mol. The number of nitrogens with zero attached hydrogens (tertiary/aromatic N) is 1. The Bertz CT molecular complexity index is 659. The Morgan fingerprint density at radius 3 is 2.75 bits per heavy atom. The molecule has 2 N–H and O–H groups in total. The van der Waals surface area contributed by atoms with Gasteiger partial charge >= 0.3 is 5.97 Å². The van der Waals surface area contributed by atoms with E-state index >= 15 is 0 Å². The molecule has 1 aromatic heterocycles. The van der Waals surface area contributed by atoms with Crippen molar-refractivity contribution in [1.82, 2.24) is 15.6 Å². The van der Waals surface area contributed by atoms with Gasteiger partial charge in [-0.05, 0) is 18.9 Å². The van der Waals surface area contributed by atoms with Gasteiger partial charge in [-0.25, -0.2) is 9.78 Å². The number of nitrogens with one attached hydrogen (secondary N) is 2. The molecule has 0 bridgehead atoms. The highest BCUT2D eigenvalue weighted by Gasteiger charge is 2.46. The highest BCUT2D eigenvalue weighted by atomic mass is 16.5. The van der Waals surface area contributed by atoms with Crippen LogP contribution in [-0.4, -0.2) is 36.1 Å². The molecule has 0 saturated carbocycles. The summed E-state index contributed by atoms with van der Waals surface area (Å²) in [6, 6.07) is 3.16. The summed E-state index contributed by atoms with van der Waals surface area (Å²) in [6.45, 7) is 9.60. The molecule has 2 heterocycles. The number of esters is 1. The van der Waals surface area contributed by atoms with Crippen LogP contribution in [0.15, 0.2) is 24.8 Å². The van der Waals surface area contributed by atoms with Crippen molar-refractivity contribution in [2.75, 3.05) is 13.7 Å². The van der Waals surface area contributed by atoms with Gasteiger partial charge in [0.05, 0.1) is 23.9 Å². The summed E-state index contributed by atoms with van der Waals surface area (Å²) in [5.74, 6) is -0.268. The minimum absolute atomic E-state index is 0.0595. The molecule has 0 radical (unpaired) electrons. The lowest BCUT2D eigenvalue weighted by Gasteiger charge is -2.26. The maximum absolute atomic E-state index is 12.4. The Kier molecular flexibility index (Phi) is 5.23. The van der Waals surface area contributed by atoms with E-state index in [2.05, 4.69) is 22.2 Å². The quantitative estimate of drug-likeness (QED) is 0.607. The second-order valence-corrected chi connectivity index (χ2v) is 6.08. The molecular formula is C17H23N3O4. The molecule has 7 nitrogen and oxygen atoms in total. The third-order valence-electron chi connectivity index (χ3n) is 4.27. The number of carbonyl (C=O) groups excluding carboxylic acids is 2. The van der Waals surface area contributed by atoms with Gasteiger partial charge in [0.15, 0.2) is 0 Å². The van der Waals surface area contributed by atoms with Crippen LogP contribution >= 0.6 is 0 Å². The number of pyridine rings is 1. The van der Waals surface area contributed by atoms with E-state index in [1.54, 1.807) is 18.2 Å². The number of rotatable bonds is 6. The Balaban J connectivity index is 2.41. The zero-order valence-corrected chi connectivity index (χ0v) is 14.4. The molecule has 0 spiro atoms. The van der Waals surface area contributed by atoms with Crippen molar-refractivity contribution >= 4 is 11.9 Å². The van der Waals surface area contributed by atoms with Crippen molar-refractivity contribution < 1.29 is 19.1 Å². The molecule has 2 atom stereocenters. The fraction of sp³-hybridized carbons (Fsp3) is 0.471. The fourth-order valence-corrected chi connectivity index (χ4v) is 2.43. The molecule has 1 amide bonds. The molecule has 1 saturated heterocycles. The lowest BCUT2D eigenvalue weighted by atomic mass is 9.89. The minimum Gasteiger partial charge on any atom is -0.473 e. The summed E-state index contributed by atoms with van der Waals surface area (Å²) in [4.78, 5) is 28.8. The van der Waals surface area contributed by atoms with Crippen LogP contribution in [0.2, 0.25) is 0 Å². The Hall–Kier alpha value is -2.41. The average molecular weight is 333 g/mol. The number of amides is 1. The van der Waals surface area contributed by atoms with Crippen LogP contribution in [0, 0.1) is 5.92 Å². The first-order valence-electron chi connectivity index (χ1n) is 7.75. The smallest absolute Gasteiger partial charge is 0.339 e. The number of hydrogen-bond donors (Lipinski definition) is 2. The topological polar surface area (TPSA) is 89.5 Å². The molecule has 1 fully saturated rings. The number of carbonyl (C=O) groups is 2. The fourth-order valence-electron chi connectivity index (χ4n) is 2.43. The zero-order valence-electron chi connectivity index (χ0n) is 14.4. The van der Waals surface area contributed by atoms with E-state index in [4.69, 9.17) is 9.47 Å². The largest absolute Gasteiger partial charge is 0.473 e. The SMILES string of the molecule is C=CCOc1ccc(C(=O)OC)c([C@@H]2NC(=O)[C@@](C)(C(C)C)N2)n1. The number of methoxy groups -OCH3 is 1. The molecule has 0 aliphatic carbocycles. The van der Waals surface area contributed by atoms with Gasteiger partial charge in [-0.1, -0.05) is 26.5 Å². The van der Waals surface area contributed by atoms with Gasteiger partial charge in [0.2, 0.25) is 11.8 Å². The van der Waals surface area contributed by atoms with Gasteiger partial charge in [0.1, 0.15) is 12.8 Å². The van der Waals surface area contributed by atoms with E-state index in [1.165, 1.54) is 7.11 Å². The molecule has 7 heteroatoms. The predicted octanol–water partition coefficient (Wildman–Crippen LogP) is 1.57. The standard InChI is InChI=1S/C17H23N3O4/c1-6-9-24-12-8-7-11(15(21)23-5)13(18-12)14-19-16(22)17(4,20-14)10(2)3/h6-8,10,14,20H,1,9H2,2-5H3,(H,19,22)/t14-,17-/m1/s1. The van der Waals surface area contributed by atoms with Gasteiger partial charge in [-0.2, -0.15) is 0 Å². The van der Waals surface area contributed by atoms with Crippen LogP contribution in [-0.2, 0) is 9.53 Å². The van der Waals surface area contributed by atoms with Crippen molar-refractivity contribution in [2.24, 2.45) is 5.92 Å². The van der Waals surface area contributed by atoms with Gasteiger partial charge in [0, 0.05) is 6.07 Å². The molecule has 130 valence electrons. The minimum atomic E-state index is -0.752. The highest BCUT2D eigenvalue weighted by molar-refractivity contribution is 5.92. The second kappa shape index (κ2) is 7.00. The van der Waals surface area contributed by atoms with Crippen LogP contribution in [0.5, 0.6) is 5.88 Å². The van der Waals surface area contributed by atoms with Crippen molar-refractivity contribution in [2.45, 2.75) is 32.5 Å². The molecule has 0 unspecified atom stereocenters. The van der Waals surface area contributed by atoms with E-state index in [1.807, 2.05) is 20.8 Å². The molecule has 1 aromatic rings. The Morgan fingerprint density at radius 2 is 2.21 bits per heavy atom. The molecular weight excluding hydrogens is 310 g/mol. The van der Waals surface area contributed by atoms with Crippen molar-refractivity contribution in [3.8, 4) is 5.88 Å². The summed E-state index contributed by atoms with van der Waals surface area (Å²) < 4.78 is 10.2. The summed E-state index contributed by atoms with van der Waals surface area (Å²) in [5.41, 5.74) is -0.118. The van der Waals surface area contributed by atoms with E-state index in [0.29, 0.717) is 11.6 Å². The van der Waals surface area contributed by atoms with E-state index in [9.17, 15) is 9.59 Å². The van der Waals surface area contributed by atoms with Gasteiger partial charge in [0.25, 0.3) is 0 Å². The summed E-state index contributed by atoms with van der Waals surface area (Å²) in [5, 5.41) is 6.08. The molecule has 1 aliphatic heterocycles. The number of ether oxygens (including phenoxy) is 2. The third kappa shape index (κ3) is 3.26. The van der Waals surface area contributed by atoms with Crippen molar-refractivity contribution in [3.05, 3.63) is 36.0 Å². The molecule has 24 heavy (non-hydrogen) atoms. The third-order valence-corrected chi connectivity index (χ3v) is 4.27. The van der Waals surface area contributed by atoms with Crippen LogP contribution in [0.4, 0.5) is 0 Å². The average Bonchev–Trinajstić information content (AvgIpc) is 2.88. The van der Waals surface area contributed by atoms with Gasteiger partial charge in [-0.3, -0.25) is 10.1 Å². The lowest BCUT2D eigenvalue weighted by Crippen LogP contribution is -2.48. The molecule has 0 aromatic carbocycles. The maximum Gasteiger partial charge on any atom is 0.339 e. The van der Waals surface area contributed by atoms with E-state index in [0.717, 1.165) is 0 Å². The number of aromatic nitrogens is 1. The van der Waals surface area contributed by atoms with Crippen LogP contribution < -0.4 is 15.4 Å². The Morgan fingerprint density at radius 1 is 1.50 bits per heavy atom. The van der Waals surface area contributed by atoms with Crippen molar-refractivity contribution in [3.63, 3.8) is 0 Å². The zero-order chi connectivity index (χ0) is 17.9. The van der Waals surface area contributed by atoms with Crippen molar-refractivity contribution in [1.29, 1.82) is 0 Å². The highest BCUT2D eigenvalue weighted by Crippen LogP contribution is 2.29. The molecule has 1 aliphatic rings. The van der Waals surface area contributed by atoms with Gasteiger partial charge in [-0.15, -0.1) is 0 Å². The summed E-state index contributed by atoms with van der Waals surface area (Å²) in [6.07, 6.45) is 0.993. The molecule has 2 rings (SSSR count). The van der Waals surface area contributed by atoms with E-state index < -0.39 is 17.7 Å². The predicted molar refractivity (Wildman–Crippen MR) is 88.5 cm³/mol. The van der Waals surface area contributed by atoms with Crippen LogP contribution in [0.1, 0.15) is 43.0 Å². The lowest BCUT2D eigenvalue weighted by molar-refractivity contribution is -0.125. The first-order valence-corrected chi connectivity index (χ1v) is 7.75. The maximum atomic E-state index is 12.4. The summed E-state index contributed by atoms with van der Waals surface area (Å²) >= 11 is 0. The van der Waals surface area contributed by atoms with Crippen LogP contribution in [0.3, 0.4) is 0 Å². The second-order valence-electron chi connectivity index (χ2n) is 6.08. The van der Waals surface area contributed by atoms with E-state index in [-0.39, 0.29) is 24.0 Å². The Labute approximate surface area is 141 Å².